The lowest BCUT2D eigenvalue weighted by Crippen LogP contribution is -2.28. The Kier molecular flexibility index (Phi) is 5.81. The molecule has 0 bridgehead atoms. The molecule has 5 nitrogen and oxygen atoms in total. The maximum Gasteiger partial charge on any atom is 0.336 e. The van der Waals surface area contributed by atoms with Gasteiger partial charge in [-0.1, -0.05) is 37.6 Å². The van der Waals surface area contributed by atoms with E-state index in [9.17, 15) is 9.59 Å². The van der Waals surface area contributed by atoms with Crippen LogP contribution in [0.5, 0.6) is 5.75 Å². The molecule has 0 saturated heterocycles. The average molecular weight is 386 g/mol. The van der Waals surface area contributed by atoms with E-state index >= 15 is 0 Å². The summed E-state index contributed by atoms with van der Waals surface area (Å²) in [5.74, 6) is 0.414. The topological polar surface area (TPSA) is 68.5 Å². The van der Waals surface area contributed by atoms with Gasteiger partial charge in [-0.05, 0) is 41.3 Å². The van der Waals surface area contributed by atoms with Crippen molar-refractivity contribution in [1.29, 1.82) is 0 Å². The first-order valence-electron chi connectivity index (χ1n) is 8.64. The molecule has 1 amide bonds. The van der Waals surface area contributed by atoms with Crippen LogP contribution >= 0.6 is 11.6 Å². The molecular weight excluding hydrogens is 366 g/mol. The van der Waals surface area contributed by atoms with Crippen LogP contribution in [0.4, 0.5) is 0 Å². The molecule has 0 radical (unpaired) electrons. The molecule has 27 heavy (non-hydrogen) atoms. The molecule has 1 aromatic heterocycles. The number of hydrogen-bond acceptors (Lipinski definition) is 4. The zero-order chi connectivity index (χ0) is 19.4. The molecule has 3 aromatic rings. The fourth-order valence-electron chi connectivity index (χ4n) is 2.74. The van der Waals surface area contributed by atoms with Gasteiger partial charge in [0.05, 0.1) is 0 Å². The summed E-state index contributed by atoms with van der Waals surface area (Å²) < 4.78 is 10.8. The maximum atomic E-state index is 12.0. The van der Waals surface area contributed by atoms with Gasteiger partial charge in [-0.2, -0.15) is 0 Å². The zero-order valence-electron chi connectivity index (χ0n) is 15.1. The minimum absolute atomic E-state index is 0.132. The minimum atomic E-state index is -0.399. The second-order valence-corrected chi connectivity index (χ2v) is 6.96. The number of ether oxygens (including phenoxy) is 1. The molecule has 3 rings (SSSR count). The van der Waals surface area contributed by atoms with Crippen LogP contribution in [0, 0.1) is 0 Å². The van der Waals surface area contributed by atoms with Crippen LogP contribution < -0.4 is 15.7 Å². The minimum Gasteiger partial charge on any atom is -0.484 e. The summed E-state index contributed by atoms with van der Waals surface area (Å²) in [4.78, 5) is 23.7. The molecule has 140 valence electrons. The first-order chi connectivity index (χ1) is 12.9. The van der Waals surface area contributed by atoms with Gasteiger partial charge in [0.15, 0.2) is 6.61 Å². The number of amides is 1. The number of halogens is 1. The number of hydrogen-bond donors (Lipinski definition) is 1. The number of nitrogens with one attached hydrogen (secondary N) is 1. The third-order valence-electron chi connectivity index (χ3n) is 4.14. The Hall–Kier alpha value is -2.79. The second-order valence-electron chi connectivity index (χ2n) is 6.53. The summed E-state index contributed by atoms with van der Waals surface area (Å²) in [7, 11) is 0. The van der Waals surface area contributed by atoms with Crippen LogP contribution in [0.25, 0.3) is 11.0 Å². The van der Waals surface area contributed by atoms with E-state index in [4.69, 9.17) is 20.8 Å². The Morgan fingerprint density at radius 3 is 2.59 bits per heavy atom. The van der Waals surface area contributed by atoms with Crippen LogP contribution in [0.15, 0.2) is 57.7 Å². The van der Waals surface area contributed by atoms with Crippen LogP contribution in [0.3, 0.4) is 0 Å². The number of carbonyl (C=O) groups is 1. The first-order valence-corrected chi connectivity index (χ1v) is 9.02. The molecule has 1 heterocycles. The van der Waals surface area contributed by atoms with Crippen molar-refractivity contribution >= 4 is 28.5 Å². The van der Waals surface area contributed by atoms with Gasteiger partial charge in [0, 0.05) is 29.1 Å². The number of carbonyl (C=O) groups excluding carboxylic acids is 1. The normalized spacial score (nSPS) is 11.0. The predicted octanol–water partition coefficient (Wildman–Crippen LogP) is 4.27. The maximum absolute atomic E-state index is 12.0. The quantitative estimate of drug-likeness (QED) is 0.643. The number of benzene rings is 2. The zero-order valence-corrected chi connectivity index (χ0v) is 15.9. The van der Waals surface area contributed by atoms with Crippen molar-refractivity contribution in [2.45, 2.75) is 26.3 Å². The monoisotopic (exact) mass is 385 g/mol. The van der Waals surface area contributed by atoms with Crippen molar-refractivity contribution in [2.24, 2.45) is 0 Å². The lowest BCUT2D eigenvalue weighted by atomic mass is 10.00. The molecule has 0 aliphatic heterocycles. The summed E-state index contributed by atoms with van der Waals surface area (Å²) in [6.45, 7) is 4.30. The second kappa shape index (κ2) is 8.27. The number of rotatable bonds is 6. The SMILES string of the molecule is CC(C)c1cc(=O)oc2cc(OCC(=O)NCc3ccc(Cl)cc3)ccc12. The van der Waals surface area contributed by atoms with Crippen LogP contribution in [-0.2, 0) is 11.3 Å². The fourth-order valence-corrected chi connectivity index (χ4v) is 2.86. The molecule has 0 aliphatic rings. The molecule has 0 saturated carbocycles. The first kappa shape index (κ1) is 19.0. The third-order valence-corrected chi connectivity index (χ3v) is 4.39. The molecule has 0 atom stereocenters. The Bertz CT molecular complexity index is 1010. The van der Waals surface area contributed by atoms with Crippen molar-refractivity contribution in [3.05, 3.63) is 75.1 Å². The summed E-state index contributed by atoms with van der Waals surface area (Å²) in [6, 6.07) is 14.0. The van der Waals surface area contributed by atoms with E-state index in [0.29, 0.717) is 22.9 Å². The molecule has 2 aromatic carbocycles. The lowest BCUT2D eigenvalue weighted by molar-refractivity contribution is -0.123. The van der Waals surface area contributed by atoms with E-state index in [1.165, 1.54) is 6.07 Å². The number of fused-ring (bicyclic) bond motifs is 1. The fraction of sp³-hybridized carbons (Fsp3) is 0.238. The Balaban J connectivity index is 1.63. The van der Waals surface area contributed by atoms with Gasteiger partial charge in [-0.25, -0.2) is 4.79 Å². The Morgan fingerprint density at radius 1 is 1.15 bits per heavy atom. The van der Waals surface area contributed by atoms with E-state index in [1.807, 2.05) is 32.0 Å². The highest BCUT2D eigenvalue weighted by molar-refractivity contribution is 6.30. The van der Waals surface area contributed by atoms with Gasteiger partial charge < -0.3 is 14.5 Å². The standard InChI is InChI=1S/C21H20ClNO4/c1-13(2)18-10-21(25)27-19-9-16(7-8-17(18)19)26-12-20(24)23-11-14-3-5-15(22)6-4-14/h3-10,13H,11-12H2,1-2H3,(H,23,24). The highest BCUT2D eigenvalue weighted by atomic mass is 35.5. The summed E-state index contributed by atoms with van der Waals surface area (Å²) in [6.07, 6.45) is 0. The molecule has 0 spiro atoms. The van der Waals surface area contributed by atoms with Crippen LogP contribution in [0.1, 0.15) is 30.9 Å². The van der Waals surface area contributed by atoms with E-state index in [-0.39, 0.29) is 18.4 Å². The van der Waals surface area contributed by atoms with Crippen molar-refractivity contribution in [2.75, 3.05) is 6.61 Å². The molecule has 6 heteroatoms. The Morgan fingerprint density at radius 2 is 1.89 bits per heavy atom. The molecule has 0 fully saturated rings. The average Bonchev–Trinajstić information content (AvgIpc) is 2.64. The molecule has 1 N–H and O–H groups in total. The van der Waals surface area contributed by atoms with Gasteiger partial charge in [-0.15, -0.1) is 0 Å². The van der Waals surface area contributed by atoms with E-state index in [2.05, 4.69) is 5.32 Å². The van der Waals surface area contributed by atoms with Crippen LogP contribution in [-0.4, -0.2) is 12.5 Å². The van der Waals surface area contributed by atoms with Gasteiger partial charge in [0.1, 0.15) is 11.3 Å². The highest BCUT2D eigenvalue weighted by Crippen LogP contribution is 2.26. The summed E-state index contributed by atoms with van der Waals surface area (Å²) in [5, 5.41) is 4.29. The lowest BCUT2D eigenvalue weighted by Gasteiger charge is -2.11. The summed E-state index contributed by atoms with van der Waals surface area (Å²) >= 11 is 5.84. The Labute approximate surface area is 161 Å². The van der Waals surface area contributed by atoms with Gasteiger partial charge in [-0.3, -0.25) is 4.79 Å². The predicted molar refractivity (Wildman–Crippen MR) is 105 cm³/mol. The summed E-state index contributed by atoms with van der Waals surface area (Å²) in [5.41, 5.74) is 1.92. The van der Waals surface area contributed by atoms with E-state index in [1.54, 1.807) is 24.3 Å². The smallest absolute Gasteiger partial charge is 0.336 e. The van der Waals surface area contributed by atoms with Crippen molar-refractivity contribution in [3.8, 4) is 5.75 Å². The highest BCUT2D eigenvalue weighted by Gasteiger charge is 2.10. The molecule has 0 unspecified atom stereocenters. The van der Waals surface area contributed by atoms with Gasteiger partial charge in [0.2, 0.25) is 0 Å². The molecule has 0 aliphatic carbocycles. The third kappa shape index (κ3) is 4.89. The van der Waals surface area contributed by atoms with E-state index in [0.717, 1.165) is 16.5 Å². The largest absolute Gasteiger partial charge is 0.484 e. The van der Waals surface area contributed by atoms with Gasteiger partial charge >= 0.3 is 5.63 Å². The van der Waals surface area contributed by atoms with Crippen molar-refractivity contribution < 1.29 is 13.9 Å². The van der Waals surface area contributed by atoms with Crippen LogP contribution in [0.2, 0.25) is 5.02 Å². The van der Waals surface area contributed by atoms with Crippen molar-refractivity contribution in [1.82, 2.24) is 5.32 Å². The van der Waals surface area contributed by atoms with Crippen molar-refractivity contribution in [3.63, 3.8) is 0 Å². The van der Waals surface area contributed by atoms with Gasteiger partial charge in [0.25, 0.3) is 5.91 Å². The molecular formula is C21H20ClNO4. The van der Waals surface area contributed by atoms with E-state index < -0.39 is 5.63 Å².